The number of alkyl halides is 3. The molecule has 1 aliphatic rings. The van der Waals surface area contributed by atoms with Crippen LogP contribution in [0.4, 0.5) is 13.2 Å². The number of halogens is 3. The van der Waals surface area contributed by atoms with Crippen molar-refractivity contribution in [1.29, 1.82) is 0 Å². The average Bonchev–Trinajstić information content (AvgIpc) is 3.53. The highest BCUT2D eigenvalue weighted by atomic mass is 19.4. The molecule has 0 spiro atoms. The molecule has 4 heterocycles. The van der Waals surface area contributed by atoms with Crippen LogP contribution in [0.5, 0.6) is 6.01 Å². The van der Waals surface area contributed by atoms with Gasteiger partial charge in [0.05, 0.1) is 0 Å². The lowest BCUT2D eigenvalue weighted by Gasteiger charge is -2.18. The average molecular weight is 510 g/mol. The van der Waals surface area contributed by atoms with Crippen molar-refractivity contribution in [2.24, 2.45) is 0 Å². The standard InChI is InChI=1S/C28H30F3N5O/c1-2-5-24(22-10-12-32-13-11-22)37-27-33-17-23-16-25(28(29,30)31)36(26(23)34-27)19-21-8-6-20(7-9-21)18-35-14-3-4-15-35/h6-13,16-17,24H,2-5,14-15,18-19H2,1H3. The highest BCUT2D eigenvalue weighted by Gasteiger charge is 2.36. The van der Waals surface area contributed by atoms with Gasteiger partial charge < -0.3 is 9.30 Å². The largest absolute Gasteiger partial charge is 0.455 e. The quantitative estimate of drug-likeness (QED) is 0.261. The van der Waals surface area contributed by atoms with E-state index in [2.05, 4.69) is 19.9 Å². The Morgan fingerprint density at radius 2 is 1.65 bits per heavy atom. The van der Waals surface area contributed by atoms with Crippen LogP contribution >= 0.6 is 0 Å². The highest BCUT2D eigenvalue weighted by molar-refractivity contribution is 5.77. The SMILES string of the molecule is CCCC(Oc1ncc2cc(C(F)(F)F)n(Cc3ccc(CN4CCCC4)cc3)c2n1)c1ccncc1. The van der Waals surface area contributed by atoms with E-state index >= 15 is 0 Å². The maximum atomic E-state index is 14.0. The summed E-state index contributed by atoms with van der Waals surface area (Å²) in [5, 5.41) is 0.321. The fourth-order valence-electron chi connectivity index (χ4n) is 4.87. The number of pyridine rings is 1. The van der Waals surface area contributed by atoms with Crippen molar-refractivity contribution >= 4 is 11.0 Å². The summed E-state index contributed by atoms with van der Waals surface area (Å²) in [7, 11) is 0. The van der Waals surface area contributed by atoms with E-state index in [1.807, 2.05) is 43.3 Å². The van der Waals surface area contributed by atoms with Crippen LogP contribution in [0, 0.1) is 0 Å². The molecule has 1 saturated heterocycles. The van der Waals surface area contributed by atoms with Crippen molar-refractivity contribution in [3.63, 3.8) is 0 Å². The summed E-state index contributed by atoms with van der Waals surface area (Å²) in [6.45, 7) is 5.14. The third kappa shape index (κ3) is 5.93. The molecule has 0 saturated carbocycles. The molecule has 3 aromatic heterocycles. The predicted molar refractivity (Wildman–Crippen MR) is 135 cm³/mol. The minimum atomic E-state index is -4.53. The highest BCUT2D eigenvalue weighted by Crippen LogP contribution is 2.35. The van der Waals surface area contributed by atoms with E-state index in [0.29, 0.717) is 11.8 Å². The maximum Gasteiger partial charge on any atom is 0.431 e. The second-order valence-corrected chi connectivity index (χ2v) is 9.52. The van der Waals surface area contributed by atoms with Gasteiger partial charge in [-0.1, -0.05) is 37.6 Å². The fraction of sp³-hybridized carbons (Fsp3) is 0.393. The van der Waals surface area contributed by atoms with Crippen LogP contribution in [-0.2, 0) is 19.3 Å². The van der Waals surface area contributed by atoms with E-state index < -0.39 is 11.9 Å². The van der Waals surface area contributed by atoms with Crippen LogP contribution in [0.15, 0.2) is 61.1 Å². The molecular formula is C28H30F3N5O. The molecule has 1 fully saturated rings. The number of ether oxygens (including phenoxy) is 1. The van der Waals surface area contributed by atoms with Crippen molar-refractivity contribution in [3.05, 3.63) is 83.4 Å². The van der Waals surface area contributed by atoms with Gasteiger partial charge in [0, 0.05) is 37.1 Å². The minimum Gasteiger partial charge on any atom is -0.455 e. The molecule has 37 heavy (non-hydrogen) atoms. The van der Waals surface area contributed by atoms with Crippen molar-refractivity contribution in [2.45, 2.75) is 58.0 Å². The number of rotatable bonds is 9. The number of aromatic nitrogens is 4. The van der Waals surface area contributed by atoms with Gasteiger partial charge in [-0.15, -0.1) is 0 Å². The lowest BCUT2D eigenvalue weighted by Crippen LogP contribution is -2.18. The molecule has 0 aliphatic carbocycles. The number of hydrogen-bond donors (Lipinski definition) is 0. The van der Waals surface area contributed by atoms with Gasteiger partial charge in [-0.3, -0.25) is 9.88 Å². The Bertz CT molecular complexity index is 1320. The molecule has 0 radical (unpaired) electrons. The Balaban J connectivity index is 1.44. The first-order valence-electron chi connectivity index (χ1n) is 12.7. The molecule has 9 heteroatoms. The lowest BCUT2D eigenvalue weighted by atomic mass is 10.1. The Hall–Kier alpha value is -3.46. The molecule has 1 unspecified atom stereocenters. The van der Waals surface area contributed by atoms with Gasteiger partial charge in [-0.25, -0.2) is 4.98 Å². The second kappa shape index (κ2) is 10.9. The number of nitrogens with zero attached hydrogens (tertiary/aromatic N) is 5. The van der Waals surface area contributed by atoms with Gasteiger partial charge >= 0.3 is 12.2 Å². The fourth-order valence-corrected chi connectivity index (χ4v) is 4.87. The van der Waals surface area contributed by atoms with Crippen LogP contribution < -0.4 is 4.74 Å². The van der Waals surface area contributed by atoms with E-state index in [1.54, 1.807) is 12.4 Å². The van der Waals surface area contributed by atoms with Crippen molar-refractivity contribution in [3.8, 4) is 6.01 Å². The van der Waals surface area contributed by atoms with E-state index in [9.17, 15) is 13.2 Å². The summed E-state index contributed by atoms with van der Waals surface area (Å²) in [5.41, 5.74) is 2.30. The normalized spacial score (nSPS) is 15.4. The Kier molecular flexibility index (Phi) is 7.41. The van der Waals surface area contributed by atoms with E-state index in [-0.39, 0.29) is 24.3 Å². The summed E-state index contributed by atoms with van der Waals surface area (Å²) in [6, 6.07) is 12.7. The van der Waals surface area contributed by atoms with Crippen LogP contribution in [0.25, 0.3) is 11.0 Å². The van der Waals surface area contributed by atoms with Gasteiger partial charge in [0.25, 0.3) is 0 Å². The summed E-state index contributed by atoms with van der Waals surface area (Å²) in [6.07, 6.45) is 3.92. The zero-order chi connectivity index (χ0) is 25.8. The molecule has 4 aromatic rings. The summed E-state index contributed by atoms with van der Waals surface area (Å²) in [4.78, 5) is 15.1. The second-order valence-electron chi connectivity index (χ2n) is 9.52. The zero-order valence-electron chi connectivity index (χ0n) is 20.8. The molecular weight excluding hydrogens is 479 g/mol. The number of hydrogen-bond acceptors (Lipinski definition) is 5. The van der Waals surface area contributed by atoms with Gasteiger partial charge in [0.15, 0.2) is 0 Å². The van der Waals surface area contributed by atoms with Crippen LogP contribution in [0.1, 0.15) is 61.1 Å². The van der Waals surface area contributed by atoms with Crippen molar-refractivity contribution < 1.29 is 17.9 Å². The third-order valence-corrected chi connectivity index (χ3v) is 6.75. The number of likely N-dealkylation sites (tertiary alicyclic amines) is 1. The molecule has 1 aliphatic heterocycles. The van der Waals surface area contributed by atoms with Gasteiger partial charge in [-0.05, 0) is 67.2 Å². The Morgan fingerprint density at radius 1 is 0.973 bits per heavy atom. The topological polar surface area (TPSA) is 56.1 Å². The Labute approximate surface area is 214 Å². The first kappa shape index (κ1) is 25.2. The van der Waals surface area contributed by atoms with Gasteiger partial charge in [-0.2, -0.15) is 18.2 Å². The Morgan fingerprint density at radius 3 is 2.30 bits per heavy atom. The molecule has 5 rings (SSSR count). The van der Waals surface area contributed by atoms with Crippen LogP contribution in [0.3, 0.4) is 0 Å². The van der Waals surface area contributed by atoms with E-state index in [4.69, 9.17) is 4.74 Å². The lowest BCUT2D eigenvalue weighted by molar-refractivity contribution is -0.143. The molecule has 0 amide bonds. The van der Waals surface area contributed by atoms with Gasteiger partial charge in [0.1, 0.15) is 17.4 Å². The predicted octanol–water partition coefficient (Wildman–Crippen LogP) is 6.41. The van der Waals surface area contributed by atoms with Crippen molar-refractivity contribution in [1.82, 2.24) is 24.4 Å². The summed E-state index contributed by atoms with van der Waals surface area (Å²) in [5.74, 6) is 0. The monoisotopic (exact) mass is 509 g/mol. The number of fused-ring (bicyclic) bond motifs is 1. The number of benzene rings is 1. The maximum absolute atomic E-state index is 14.0. The zero-order valence-corrected chi connectivity index (χ0v) is 20.8. The first-order chi connectivity index (χ1) is 17.9. The summed E-state index contributed by atoms with van der Waals surface area (Å²) >= 11 is 0. The third-order valence-electron chi connectivity index (χ3n) is 6.75. The van der Waals surface area contributed by atoms with Crippen LogP contribution in [0.2, 0.25) is 0 Å². The molecule has 1 aromatic carbocycles. The van der Waals surface area contributed by atoms with E-state index in [1.165, 1.54) is 23.6 Å². The molecule has 1 atom stereocenters. The van der Waals surface area contributed by atoms with E-state index in [0.717, 1.165) is 48.8 Å². The molecule has 6 nitrogen and oxygen atoms in total. The molecule has 194 valence electrons. The van der Waals surface area contributed by atoms with Crippen molar-refractivity contribution in [2.75, 3.05) is 13.1 Å². The smallest absolute Gasteiger partial charge is 0.431 e. The molecule has 0 bridgehead atoms. The minimum absolute atomic E-state index is 0.0432. The van der Waals surface area contributed by atoms with Gasteiger partial charge in [0.2, 0.25) is 0 Å². The summed E-state index contributed by atoms with van der Waals surface area (Å²) < 4.78 is 49.3. The first-order valence-corrected chi connectivity index (χ1v) is 12.7. The molecule has 0 N–H and O–H groups in total. The van der Waals surface area contributed by atoms with Crippen LogP contribution in [-0.4, -0.2) is 37.5 Å².